The molecule has 1 aromatic heterocycles. The summed E-state index contributed by atoms with van der Waals surface area (Å²) in [7, 11) is 0. The van der Waals surface area contributed by atoms with Gasteiger partial charge in [0.25, 0.3) is 5.91 Å². The summed E-state index contributed by atoms with van der Waals surface area (Å²) in [6, 6.07) is 14.1. The highest BCUT2D eigenvalue weighted by Crippen LogP contribution is 2.27. The number of nitrogens with zero attached hydrogens (tertiary/aromatic N) is 2. The lowest BCUT2D eigenvalue weighted by atomic mass is 10.1. The van der Waals surface area contributed by atoms with Crippen LogP contribution in [0.1, 0.15) is 9.67 Å². The molecular formula is C15H9Cl2N3OS. The lowest BCUT2D eigenvalue weighted by molar-refractivity contribution is 0.103. The Labute approximate surface area is 140 Å². The smallest absolute Gasteiger partial charge is 0.269 e. The summed E-state index contributed by atoms with van der Waals surface area (Å²) in [4.78, 5) is 12.8. The molecule has 3 rings (SSSR count). The zero-order chi connectivity index (χ0) is 15.5. The predicted octanol–water partition coefficient (Wildman–Crippen LogP) is 4.76. The summed E-state index contributed by atoms with van der Waals surface area (Å²) in [6.45, 7) is 0. The molecule has 3 aromatic rings. The molecule has 0 saturated heterocycles. The van der Waals surface area contributed by atoms with E-state index < -0.39 is 0 Å². The first kappa shape index (κ1) is 15.0. The second kappa shape index (κ2) is 6.44. The maximum Gasteiger partial charge on any atom is 0.269 e. The van der Waals surface area contributed by atoms with E-state index in [1.165, 1.54) is 0 Å². The molecule has 0 aliphatic carbocycles. The summed E-state index contributed by atoms with van der Waals surface area (Å²) in [5.41, 5.74) is 1.85. The van der Waals surface area contributed by atoms with Gasteiger partial charge in [-0.1, -0.05) is 52.0 Å². The number of nitrogens with one attached hydrogen (secondary N) is 1. The first-order chi connectivity index (χ1) is 10.6. The number of rotatable bonds is 3. The number of carbonyl (C=O) groups excluding carboxylic acids is 1. The van der Waals surface area contributed by atoms with Crippen LogP contribution in [0.3, 0.4) is 0 Å². The highest BCUT2D eigenvalue weighted by molar-refractivity contribution is 7.08. The summed E-state index contributed by atoms with van der Waals surface area (Å²) in [5, 5.41) is 7.89. The number of amides is 1. The third-order valence-corrected chi connectivity index (χ3v) is 4.24. The Morgan fingerprint density at radius 1 is 1.05 bits per heavy atom. The SMILES string of the molecule is O=C(Nc1ccccc1Cl)c1snnc1-c1ccc(Cl)cc1. The van der Waals surface area contributed by atoms with Crippen molar-refractivity contribution in [1.29, 1.82) is 0 Å². The van der Waals surface area contributed by atoms with Crippen molar-refractivity contribution in [1.82, 2.24) is 9.59 Å². The van der Waals surface area contributed by atoms with E-state index in [0.29, 0.717) is 26.3 Å². The first-order valence-corrected chi connectivity index (χ1v) is 7.82. The second-order valence-corrected chi connectivity index (χ2v) is 5.99. The minimum absolute atomic E-state index is 0.298. The zero-order valence-corrected chi connectivity index (χ0v) is 13.4. The normalized spacial score (nSPS) is 10.5. The fraction of sp³-hybridized carbons (Fsp3) is 0. The van der Waals surface area contributed by atoms with E-state index in [1.54, 1.807) is 48.5 Å². The summed E-state index contributed by atoms with van der Waals surface area (Å²) >= 11 is 13.0. The van der Waals surface area contributed by atoms with Crippen LogP contribution in [-0.2, 0) is 0 Å². The van der Waals surface area contributed by atoms with E-state index in [9.17, 15) is 4.79 Å². The Morgan fingerprint density at radius 2 is 1.77 bits per heavy atom. The lowest BCUT2D eigenvalue weighted by Crippen LogP contribution is -2.11. The minimum atomic E-state index is -0.298. The van der Waals surface area contributed by atoms with Crippen LogP contribution in [0.15, 0.2) is 48.5 Å². The fourth-order valence-corrected chi connectivity index (χ4v) is 2.77. The van der Waals surface area contributed by atoms with Crippen molar-refractivity contribution < 1.29 is 4.79 Å². The minimum Gasteiger partial charge on any atom is -0.320 e. The molecule has 0 aliphatic rings. The molecule has 4 nitrogen and oxygen atoms in total. The van der Waals surface area contributed by atoms with Crippen LogP contribution in [0.2, 0.25) is 10.0 Å². The van der Waals surface area contributed by atoms with Crippen molar-refractivity contribution >= 4 is 46.3 Å². The van der Waals surface area contributed by atoms with E-state index in [2.05, 4.69) is 14.9 Å². The van der Waals surface area contributed by atoms with Gasteiger partial charge in [-0.3, -0.25) is 4.79 Å². The van der Waals surface area contributed by atoms with Crippen LogP contribution in [0, 0.1) is 0 Å². The topological polar surface area (TPSA) is 54.9 Å². The molecule has 1 heterocycles. The molecule has 7 heteroatoms. The summed E-state index contributed by atoms with van der Waals surface area (Å²) < 4.78 is 3.87. The molecule has 0 bridgehead atoms. The van der Waals surface area contributed by atoms with Crippen LogP contribution in [0.5, 0.6) is 0 Å². The average molecular weight is 350 g/mol. The largest absolute Gasteiger partial charge is 0.320 e. The molecule has 0 saturated carbocycles. The monoisotopic (exact) mass is 349 g/mol. The van der Waals surface area contributed by atoms with Gasteiger partial charge in [-0.25, -0.2) is 0 Å². The van der Waals surface area contributed by atoms with Crippen molar-refractivity contribution in [3.63, 3.8) is 0 Å². The third kappa shape index (κ3) is 3.11. The van der Waals surface area contributed by atoms with Crippen molar-refractivity contribution in [2.45, 2.75) is 0 Å². The number of hydrogen-bond acceptors (Lipinski definition) is 4. The van der Waals surface area contributed by atoms with Gasteiger partial charge in [-0.05, 0) is 35.8 Å². The number of para-hydroxylation sites is 1. The third-order valence-electron chi connectivity index (χ3n) is 2.93. The number of aromatic nitrogens is 2. The number of benzene rings is 2. The first-order valence-electron chi connectivity index (χ1n) is 6.29. The number of anilines is 1. The maximum absolute atomic E-state index is 12.4. The molecule has 0 unspecified atom stereocenters. The van der Waals surface area contributed by atoms with Gasteiger partial charge < -0.3 is 5.32 Å². The predicted molar refractivity (Wildman–Crippen MR) is 89.8 cm³/mol. The molecule has 0 radical (unpaired) electrons. The van der Waals surface area contributed by atoms with Crippen LogP contribution >= 0.6 is 34.7 Å². The number of hydrogen-bond donors (Lipinski definition) is 1. The van der Waals surface area contributed by atoms with Crippen LogP contribution in [0.4, 0.5) is 5.69 Å². The van der Waals surface area contributed by atoms with Gasteiger partial charge in [0.2, 0.25) is 0 Å². The Hall–Kier alpha value is -1.95. The molecule has 0 aliphatic heterocycles. The van der Waals surface area contributed by atoms with Crippen LogP contribution in [-0.4, -0.2) is 15.5 Å². The Kier molecular flexibility index (Phi) is 4.38. The standard InChI is InChI=1S/C15H9Cl2N3OS/c16-10-7-5-9(6-8-10)13-14(22-20-19-13)15(21)18-12-4-2-1-3-11(12)17/h1-8H,(H,18,21). The van der Waals surface area contributed by atoms with Gasteiger partial charge in [-0.2, -0.15) is 0 Å². The van der Waals surface area contributed by atoms with Gasteiger partial charge in [0.05, 0.1) is 10.7 Å². The van der Waals surface area contributed by atoms with E-state index >= 15 is 0 Å². The average Bonchev–Trinajstić information content (AvgIpc) is 3.00. The van der Waals surface area contributed by atoms with Crippen molar-refractivity contribution in [3.05, 3.63) is 63.5 Å². The quantitative estimate of drug-likeness (QED) is 0.741. The van der Waals surface area contributed by atoms with Gasteiger partial charge >= 0.3 is 0 Å². The molecule has 0 atom stereocenters. The molecular weight excluding hydrogens is 341 g/mol. The zero-order valence-electron chi connectivity index (χ0n) is 11.1. The van der Waals surface area contributed by atoms with E-state index in [0.717, 1.165) is 17.1 Å². The molecule has 1 amide bonds. The van der Waals surface area contributed by atoms with E-state index in [4.69, 9.17) is 23.2 Å². The fourth-order valence-electron chi connectivity index (χ4n) is 1.88. The highest BCUT2D eigenvalue weighted by atomic mass is 35.5. The van der Waals surface area contributed by atoms with Gasteiger partial charge in [0.15, 0.2) is 0 Å². The Bertz CT molecular complexity index is 818. The van der Waals surface area contributed by atoms with Crippen LogP contribution in [0.25, 0.3) is 11.3 Å². The number of halogens is 2. The molecule has 2 aromatic carbocycles. The molecule has 0 fully saturated rings. The van der Waals surface area contributed by atoms with E-state index in [1.807, 2.05) is 0 Å². The summed E-state index contributed by atoms with van der Waals surface area (Å²) in [6.07, 6.45) is 0. The van der Waals surface area contributed by atoms with E-state index in [-0.39, 0.29) is 5.91 Å². The molecule has 110 valence electrons. The lowest BCUT2D eigenvalue weighted by Gasteiger charge is -2.06. The van der Waals surface area contributed by atoms with Gasteiger partial charge in [-0.15, -0.1) is 5.10 Å². The van der Waals surface area contributed by atoms with Gasteiger partial charge in [0.1, 0.15) is 10.6 Å². The summed E-state index contributed by atoms with van der Waals surface area (Å²) in [5.74, 6) is -0.298. The Morgan fingerprint density at radius 3 is 2.50 bits per heavy atom. The second-order valence-electron chi connectivity index (χ2n) is 4.39. The molecule has 1 N–H and O–H groups in total. The number of carbonyl (C=O) groups is 1. The Balaban J connectivity index is 1.90. The van der Waals surface area contributed by atoms with Crippen LogP contribution < -0.4 is 5.32 Å². The van der Waals surface area contributed by atoms with Gasteiger partial charge in [0, 0.05) is 10.6 Å². The maximum atomic E-state index is 12.4. The highest BCUT2D eigenvalue weighted by Gasteiger charge is 2.18. The molecule has 22 heavy (non-hydrogen) atoms. The van der Waals surface area contributed by atoms with Crippen molar-refractivity contribution in [3.8, 4) is 11.3 Å². The molecule has 0 spiro atoms. The van der Waals surface area contributed by atoms with Crippen molar-refractivity contribution in [2.75, 3.05) is 5.32 Å². The van der Waals surface area contributed by atoms with Crippen molar-refractivity contribution in [2.24, 2.45) is 0 Å².